The third kappa shape index (κ3) is 5.34. The van der Waals surface area contributed by atoms with E-state index in [-0.39, 0.29) is 36.4 Å². The molecule has 13 heteroatoms. The number of aliphatic hydroxyl groups excluding tert-OH is 2. The van der Waals surface area contributed by atoms with Crippen LogP contribution >= 0.6 is 11.6 Å². The first kappa shape index (κ1) is 27.0. The predicted molar refractivity (Wildman–Crippen MR) is 135 cm³/mol. The molecule has 0 amide bonds. The van der Waals surface area contributed by atoms with Crippen LogP contribution in [0.1, 0.15) is 50.7 Å². The molecule has 1 saturated heterocycles. The molecular weight excluding hydrogens is 506 g/mol. The summed E-state index contributed by atoms with van der Waals surface area (Å²) in [7, 11) is 1.49. The first-order valence-electron chi connectivity index (χ1n) is 11.6. The summed E-state index contributed by atoms with van der Waals surface area (Å²) in [6, 6.07) is 4.54. The number of hydrogen-bond donors (Lipinski definition) is 3. The largest absolute Gasteiger partial charge is 0.497 e. The molecule has 1 aliphatic rings. The number of rotatable bonds is 8. The van der Waals surface area contributed by atoms with Crippen LogP contribution in [0.25, 0.3) is 11.0 Å². The summed E-state index contributed by atoms with van der Waals surface area (Å²) in [5.74, 6) is 0.429. The van der Waals surface area contributed by atoms with Crippen LogP contribution in [0.4, 0.5) is 11.6 Å². The molecule has 12 nitrogen and oxygen atoms in total. The van der Waals surface area contributed by atoms with Crippen molar-refractivity contribution in [1.82, 2.24) is 14.5 Å². The van der Waals surface area contributed by atoms with Gasteiger partial charge in [-0.15, -0.1) is 0 Å². The fourth-order valence-electron chi connectivity index (χ4n) is 4.59. The molecule has 200 valence electrons. The lowest BCUT2D eigenvalue weighted by Gasteiger charge is -2.31. The molecular formula is C24H30ClN5O7. The Morgan fingerprint density at radius 3 is 2.70 bits per heavy atom. The van der Waals surface area contributed by atoms with Crippen LogP contribution in [0.2, 0.25) is 5.15 Å². The molecule has 0 spiro atoms. The number of methoxy groups -OCH3 is 1. The molecule has 3 heterocycles. The summed E-state index contributed by atoms with van der Waals surface area (Å²) in [6.45, 7) is 5.43. The van der Waals surface area contributed by atoms with Crippen molar-refractivity contribution in [2.45, 2.75) is 58.3 Å². The third-order valence-electron chi connectivity index (χ3n) is 6.32. The number of nitrogens with two attached hydrogens (primary N) is 1. The zero-order valence-electron chi connectivity index (χ0n) is 20.9. The normalized spacial score (nSPS) is 20.9. The van der Waals surface area contributed by atoms with Gasteiger partial charge in [-0.3, -0.25) is 10.1 Å². The average molecular weight is 536 g/mol. The fraction of sp³-hybridized carbons (Fsp3) is 0.500. The highest BCUT2D eigenvalue weighted by atomic mass is 35.5. The molecule has 1 aliphatic heterocycles. The molecule has 0 aliphatic carbocycles. The minimum absolute atomic E-state index is 0.00546. The quantitative estimate of drug-likeness (QED) is 0.220. The molecule has 2 aromatic heterocycles. The van der Waals surface area contributed by atoms with Crippen LogP contribution in [0.15, 0.2) is 24.4 Å². The number of aliphatic hydroxyl groups is 2. The van der Waals surface area contributed by atoms with Gasteiger partial charge in [0.05, 0.1) is 48.4 Å². The van der Waals surface area contributed by atoms with Gasteiger partial charge < -0.3 is 34.7 Å². The van der Waals surface area contributed by atoms with Crippen LogP contribution in [0, 0.1) is 15.5 Å². The van der Waals surface area contributed by atoms with Crippen LogP contribution in [-0.2, 0) is 16.1 Å². The number of nitrogen functional groups attached to an aromatic ring is 1. The number of nitrogens with zero attached hydrogens (tertiary/aromatic N) is 4. The van der Waals surface area contributed by atoms with E-state index in [2.05, 4.69) is 9.97 Å². The van der Waals surface area contributed by atoms with Crippen LogP contribution in [0.5, 0.6) is 5.75 Å². The van der Waals surface area contributed by atoms with E-state index in [0.717, 1.165) is 0 Å². The number of aromatic nitrogens is 3. The van der Waals surface area contributed by atoms with Crippen LogP contribution in [-0.4, -0.2) is 55.6 Å². The molecule has 4 atom stereocenters. The molecule has 0 radical (unpaired) electrons. The Morgan fingerprint density at radius 2 is 2.11 bits per heavy atom. The molecule has 4 rings (SSSR count). The van der Waals surface area contributed by atoms with E-state index < -0.39 is 34.9 Å². The number of ether oxygens (including phenoxy) is 3. The predicted octanol–water partition coefficient (Wildman–Crippen LogP) is 3.53. The van der Waals surface area contributed by atoms with Crippen molar-refractivity contribution in [3.8, 4) is 5.75 Å². The van der Waals surface area contributed by atoms with Gasteiger partial charge in [-0.1, -0.05) is 32.4 Å². The second kappa shape index (κ2) is 10.4. The number of nitro groups is 1. The second-order valence-corrected chi connectivity index (χ2v) is 10.3. The van der Waals surface area contributed by atoms with Gasteiger partial charge in [0.25, 0.3) is 5.69 Å². The SMILES string of the molecule is COc1ccc([N+](=O)[O-])c(C(OCc2cn([C@H]3C[C@@H](O)[C@@H](CO)O3)c3nc(N)nc(Cl)c23)C(C)(C)C)c1. The lowest BCUT2D eigenvalue weighted by Crippen LogP contribution is -2.24. The van der Waals surface area contributed by atoms with Crippen LogP contribution < -0.4 is 10.5 Å². The van der Waals surface area contributed by atoms with Gasteiger partial charge in [-0.2, -0.15) is 4.98 Å². The van der Waals surface area contributed by atoms with Gasteiger partial charge in [0.2, 0.25) is 5.95 Å². The number of anilines is 1. The number of hydrogen-bond acceptors (Lipinski definition) is 10. The maximum Gasteiger partial charge on any atom is 0.275 e. The molecule has 1 fully saturated rings. The van der Waals surface area contributed by atoms with Crippen molar-refractivity contribution in [2.75, 3.05) is 19.5 Å². The summed E-state index contributed by atoms with van der Waals surface area (Å²) in [5, 5.41) is 32.1. The van der Waals surface area contributed by atoms with E-state index in [4.69, 9.17) is 31.5 Å². The molecule has 3 aromatic rings. The Bertz CT molecular complexity index is 1310. The van der Waals surface area contributed by atoms with Crippen molar-refractivity contribution in [3.05, 3.63) is 50.8 Å². The summed E-state index contributed by atoms with van der Waals surface area (Å²) in [5.41, 5.74) is 6.59. The van der Waals surface area contributed by atoms with Gasteiger partial charge >= 0.3 is 0 Å². The molecule has 37 heavy (non-hydrogen) atoms. The number of nitro benzene ring substituents is 1. The van der Waals surface area contributed by atoms with E-state index in [9.17, 15) is 20.3 Å². The maximum atomic E-state index is 11.8. The lowest BCUT2D eigenvalue weighted by atomic mass is 9.83. The van der Waals surface area contributed by atoms with Gasteiger partial charge in [0.15, 0.2) is 0 Å². The van der Waals surface area contributed by atoms with Crippen molar-refractivity contribution in [3.63, 3.8) is 0 Å². The molecule has 4 N–H and O–H groups in total. The van der Waals surface area contributed by atoms with Gasteiger partial charge in [-0.25, -0.2) is 4.98 Å². The zero-order chi connectivity index (χ0) is 27.1. The monoisotopic (exact) mass is 535 g/mol. The smallest absolute Gasteiger partial charge is 0.275 e. The molecule has 1 aromatic carbocycles. The summed E-state index contributed by atoms with van der Waals surface area (Å²) in [4.78, 5) is 19.8. The van der Waals surface area contributed by atoms with Crippen molar-refractivity contribution in [2.24, 2.45) is 5.41 Å². The Kier molecular flexibility index (Phi) is 7.58. The number of halogens is 1. The summed E-state index contributed by atoms with van der Waals surface area (Å²) < 4.78 is 19.2. The summed E-state index contributed by atoms with van der Waals surface area (Å²) >= 11 is 6.46. The Balaban J connectivity index is 1.75. The zero-order valence-corrected chi connectivity index (χ0v) is 21.7. The average Bonchev–Trinajstić information content (AvgIpc) is 3.38. The number of fused-ring (bicyclic) bond motifs is 1. The van der Waals surface area contributed by atoms with Gasteiger partial charge in [-0.05, 0) is 17.5 Å². The van der Waals surface area contributed by atoms with Gasteiger partial charge in [0.1, 0.15) is 28.9 Å². The highest BCUT2D eigenvalue weighted by Gasteiger charge is 2.37. The van der Waals surface area contributed by atoms with Crippen molar-refractivity contribution >= 4 is 34.3 Å². The highest BCUT2D eigenvalue weighted by Crippen LogP contribution is 2.43. The van der Waals surface area contributed by atoms with E-state index in [1.807, 2.05) is 20.8 Å². The fourth-order valence-corrected chi connectivity index (χ4v) is 4.88. The maximum absolute atomic E-state index is 11.8. The lowest BCUT2D eigenvalue weighted by molar-refractivity contribution is -0.386. The topological polar surface area (TPSA) is 168 Å². The first-order valence-corrected chi connectivity index (χ1v) is 12.0. The van der Waals surface area contributed by atoms with E-state index in [1.54, 1.807) is 16.8 Å². The Labute approximate surface area is 218 Å². The minimum Gasteiger partial charge on any atom is -0.497 e. The third-order valence-corrected chi connectivity index (χ3v) is 6.60. The van der Waals surface area contributed by atoms with Crippen molar-refractivity contribution in [1.29, 1.82) is 0 Å². The first-order chi connectivity index (χ1) is 17.4. The number of benzene rings is 1. The standard InChI is InChI=1S/C24H30ClN5O7/c1-24(2,3)20(14-7-13(35-4)5-6-15(14)30(33)34)36-11-12-9-29(18-8-16(32)17(10-31)37-18)22-19(12)21(25)27-23(26)28-22/h5-7,9,16-18,20,31-32H,8,10-11H2,1-4H3,(H2,26,27,28)/t16-,17-,18-,20?/m1/s1. The molecule has 1 unspecified atom stereocenters. The van der Waals surface area contributed by atoms with E-state index in [0.29, 0.717) is 27.9 Å². The molecule has 0 saturated carbocycles. The molecule has 0 bridgehead atoms. The van der Waals surface area contributed by atoms with Gasteiger partial charge in [0, 0.05) is 24.2 Å². The van der Waals surface area contributed by atoms with E-state index in [1.165, 1.54) is 19.2 Å². The summed E-state index contributed by atoms with van der Waals surface area (Å²) in [6.07, 6.45) is -0.986. The highest BCUT2D eigenvalue weighted by molar-refractivity contribution is 6.34. The van der Waals surface area contributed by atoms with E-state index >= 15 is 0 Å². The van der Waals surface area contributed by atoms with Crippen molar-refractivity contribution < 1.29 is 29.3 Å². The minimum atomic E-state index is -0.860. The second-order valence-electron chi connectivity index (χ2n) is 9.99. The Hall–Kier alpha value is -3.03. The Morgan fingerprint density at radius 1 is 1.38 bits per heavy atom. The van der Waals surface area contributed by atoms with Crippen LogP contribution in [0.3, 0.4) is 0 Å².